The summed E-state index contributed by atoms with van der Waals surface area (Å²) >= 11 is 0. The van der Waals surface area contributed by atoms with Gasteiger partial charge in [-0.1, -0.05) is 6.07 Å². The third kappa shape index (κ3) is 4.37. The zero-order valence-corrected chi connectivity index (χ0v) is 11.6. The number of amides is 1. The van der Waals surface area contributed by atoms with Gasteiger partial charge in [0, 0.05) is 30.8 Å². The summed E-state index contributed by atoms with van der Waals surface area (Å²) in [6, 6.07) is 7.44. The van der Waals surface area contributed by atoms with Gasteiger partial charge in [-0.25, -0.2) is 0 Å². The van der Waals surface area contributed by atoms with Crippen LogP contribution >= 0.6 is 0 Å². The first-order valence-corrected chi connectivity index (χ1v) is 6.03. The molecule has 0 saturated carbocycles. The van der Waals surface area contributed by atoms with Crippen LogP contribution in [0.5, 0.6) is 5.75 Å². The van der Waals surface area contributed by atoms with E-state index >= 15 is 0 Å². The van der Waals surface area contributed by atoms with E-state index in [1.54, 1.807) is 19.1 Å². The number of benzene rings is 1. The number of nitrogens with zero attached hydrogens (tertiary/aromatic N) is 1. The third-order valence-corrected chi connectivity index (χ3v) is 2.80. The molecule has 0 aliphatic rings. The number of rotatable bonds is 5. The van der Waals surface area contributed by atoms with Crippen molar-refractivity contribution in [3.63, 3.8) is 0 Å². The maximum Gasteiger partial charge on any atom is 0.226 e. The average Bonchev–Trinajstić information content (AvgIpc) is 2.34. The molecule has 0 bridgehead atoms. The Kier molecular flexibility index (Phi) is 4.73. The van der Waals surface area contributed by atoms with Crippen molar-refractivity contribution in [1.82, 2.24) is 0 Å². The van der Waals surface area contributed by atoms with Gasteiger partial charge in [-0.05, 0) is 32.4 Å². The first kappa shape index (κ1) is 14.5. The Morgan fingerprint density at radius 1 is 1.44 bits per heavy atom. The summed E-state index contributed by atoms with van der Waals surface area (Å²) in [5, 5.41) is 0. The molecule has 0 aromatic heterocycles. The summed E-state index contributed by atoms with van der Waals surface area (Å²) in [6.45, 7) is 3.84. The fourth-order valence-corrected chi connectivity index (χ4v) is 1.56. The second-order valence-corrected chi connectivity index (χ2v) is 5.14. The van der Waals surface area contributed by atoms with Crippen molar-refractivity contribution in [2.24, 2.45) is 5.73 Å². The fraction of sp³-hybridized carbons (Fsp3) is 0.500. The highest BCUT2D eigenvalue weighted by molar-refractivity contribution is 5.92. The fourth-order valence-electron chi connectivity index (χ4n) is 1.56. The Balaban J connectivity index is 2.68. The number of methoxy groups -OCH3 is 1. The monoisotopic (exact) mass is 250 g/mol. The summed E-state index contributed by atoms with van der Waals surface area (Å²) in [4.78, 5) is 13.7. The highest BCUT2D eigenvalue weighted by Gasteiger charge is 2.16. The molecule has 18 heavy (non-hydrogen) atoms. The van der Waals surface area contributed by atoms with Crippen LogP contribution in [0.15, 0.2) is 24.3 Å². The molecule has 1 aromatic carbocycles. The van der Waals surface area contributed by atoms with Gasteiger partial charge in [0.05, 0.1) is 7.11 Å². The molecule has 0 aliphatic carbocycles. The minimum Gasteiger partial charge on any atom is -0.497 e. The lowest BCUT2D eigenvalue weighted by Crippen LogP contribution is -2.35. The average molecular weight is 250 g/mol. The summed E-state index contributed by atoms with van der Waals surface area (Å²) in [5.41, 5.74) is 6.39. The highest BCUT2D eigenvalue weighted by atomic mass is 16.5. The number of nitrogens with two attached hydrogens (primary N) is 1. The smallest absolute Gasteiger partial charge is 0.226 e. The van der Waals surface area contributed by atoms with Gasteiger partial charge in [0.2, 0.25) is 5.91 Å². The number of ether oxygens (including phenoxy) is 1. The van der Waals surface area contributed by atoms with Crippen LogP contribution in [0.2, 0.25) is 0 Å². The van der Waals surface area contributed by atoms with E-state index in [0.29, 0.717) is 12.8 Å². The van der Waals surface area contributed by atoms with Gasteiger partial charge in [-0.2, -0.15) is 0 Å². The molecule has 0 radical (unpaired) electrons. The van der Waals surface area contributed by atoms with E-state index in [0.717, 1.165) is 11.4 Å². The SMILES string of the molecule is COc1cccc(N(C)C(=O)CCC(C)(C)N)c1. The Labute approximate surface area is 109 Å². The Morgan fingerprint density at radius 2 is 2.11 bits per heavy atom. The van der Waals surface area contributed by atoms with Gasteiger partial charge in [0.1, 0.15) is 5.75 Å². The normalized spacial score (nSPS) is 11.2. The molecule has 1 rings (SSSR count). The van der Waals surface area contributed by atoms with Crippen LogP contribution in [-0.4, -0.2) is 25.6 Å². The topological polar surface area (TPSA) is 55.6 Å². The van der Waals surface area contributed by atoms with E-state index in [1.165, 1.54) is 0 Å². The number of hydrogen-bond donors (Lipinski definition) is 1. The van der Waals surface area contributed by atoms with Crippen LogP contribution in [0.25, 0.3) is 0 Å². The van der Waals surface area contributed by atoms with Crippen LogP contribution in [0, 0.1) is 0 Å². The number of anilines is 1. The molecule has 1 aromatic rings. The number of hydrogen-bond acceptors (Lipinski definition) is 3. The number of carbonyl (C=O) groups is 1. The Bertz CT molecular complexity index is 411. The van der Waals surface area contributed by atoms with E-state index < -0.39 is 0 Å². The zero-order valence-electron chi connectivity index (χ0n) is 11.6. The van der Waals surface area contributed by atoms with Crippen molar-refractivity contribution in [3.8, 4) is 5.75 Å². The van der Waals surface area contributed by atoms with Crippen molar-refractivity contribution in [2.75, 3.05) is 19.1 Å². The maximum absolute atomic E-state index is 12.0. The van der Waals surface area contributed by atoms with E-state index in [1.807, 2.05) is 38.1 Å². The molecule has 0 atom stereocenters. The minimum atomic E-state index is -0.315. The molecule has 0 heterocycles. The van der Waals surface area contributed by atoms with Crippen LogP contribution in [0.3, 0.4) is 0 Å². The van der Waals surface area contributed by atoms with Crippen molar-refractivity contribution >= 4 is 11.6 Å². The molecule has 0 saturated heterocycles. The quantitative estimate of drug-likeness (QED) is 0.871. The predicted molar refractivity (Wildman–Crippen MR) is 73.9 cm³/mol. The largest absolute Gasteiger partial charge is 0.497 e. The molecule has 0 aliphatic heterocycles. The highest BCUT2D eigenvalue weighted by Crippen LogP contribution is 2.21. The van der Waals surface area contributed by atoms with Crippen LogP contribution in [0.4, 0.5) is 5.69 Å². The molecule has 4 heteroatoms. The molecule has 0 fully saturated rings. The molecule has 2 N–H and O–H groups in total. The predicted octanol–water partition coefficient (Wildman–Crippen LogP) is 2.18. The molecular formula is C14H22N2O2. The third-order valence-electron chi connectivity index (χ3n) is 2.80. The van der Waals surface area contributed by atoms with Crippen LogP contribution < -0.4 is 15.4 Å². The summed E-state index contributed by atoms with van der Waals surface area (Å²) in [6.07, 6.45) is 1.11. The van der Waals surface area contributed by atoms with Gasteiger partial charge in [-0.15, -0.1) is 0 Å². The van der Waals surface area contributed by atoms with E-state index in [-0.39, 0.29) is 11.4 Å². The first-order chi connectivity index (χ1) is 8.33. The number of carbonyl (C=O) groups excluding carboxylic acids is 1. The molecule has 0 spiro atoms. The van der Waals surface area contributed by atoms with Crippen molar-refractivity contribution in [2.45, 2.75) is 32.2 Å². The van der Waals surface area contributed by atoms with Crippen LogP contribution in [0.1, 0.15) is 26.7 Å². The Hall–Kier alpha value is -1.55. The van der Waals surface area contributed by atoms with Crippen molar-refractivity contribution in [1.29, 1.82) is 0 Å². The Morgan fingerprint density at radius 3 is 2.67 bits per heavy atom. The molecular weight excluding hydrogens is 228 g/mol. The standard InChI is InChI=1S/C14H22N2O2/c1-14(2,15)9-8-13(17)16(3)11-6-5-7-12(10-11)18-4/h5-7,10H,8-9,15H2,1-4H3. The van der Waals surface area contributed by atoms with Gasteiger partial charge in [0.15, 0.2) is 0 Å². The van der Waals surface area contributed by atoms with E-state index in [2.05, 4.69) is 0 Å². The van der Waals surface area contributed by atoms with Gasteiger partial charge < -0.3 is 15.4 Å². The van der Waals surface area contributed by atoms with Gasteiger partial charge in [0.25, 0.3) is 0 Å². The lowest BCUT2D eigenvalue weighted by atomic mass is 10.00. The maximum atomic E-state index is 12.0. The van der Waals surface area contributed by atoms with Gasteiger partial charge >= 0.3 is 0 Å². The molecule has 1 amide bonds. The lowest BCUT2D eigenvalue weighted by Gasteiger charge is -2.22. The van der Waals surface area contributed by atoms with Gasteiger partial charge in [-0.3, -0.25) is 4.79 Å². The molecule has 4 nitrogen and oxygen atoms in total. The van der Waals surface area contributed by atoms with E-state index in [9.17, 15) is 4.79 Å². The molecule has 0 unspecified atom stereocenters. The summed E-state index contributed by atoms with van der Waals surface area (Å²) < 4.78 is 5.14. The van der Waals surface area contributed by atoms with Crippen molar-refractivity contribution in [3.05, 3.63) is 24.3 Å². The lowest BCUT2D eigenvalue weighted by molar-refractivity contribution is -0.118. The van der Waals surface area contributed by atoms with Crippen LogP contribution in [-0.2, 0) is 4.79 Å². The van der Waals surface area contributed by atoms with E-state index in [4.69, 9.17) is 10.5 Å². The summed E-state index contributed by atoms with van der Waals surface area (Å²) in [7, 11) is 3.37. The molecule has 100 valence electrons. The second kappa shape index (κ2) is 5.87. The summed E-state index contributed by atoms with van der Waals surface area (Å²) in [5.74, 6) is 0.799. The minimum absolute atomic E-state index is 0.0572. The zero-order chi connectivity index (χ0) is 13.8. The second-order valence-electron chi connectivity index (χ2n) is 5.14. The van der Waals surface area contributed by atoms with Crippen molar-refractivity contribution < 1.29 is 9.53 Å². The first-order valence-electron chi connectivity index (χ1n) is 6.03.